The molecule has 2 N–H and O–H groups in total. The summed E-state index contributed by atoms with van der Waals surface area (Å²) in [6, 6.07) is 10.1. The Bertz CT molecular complexity index is 1010. The van der Waals surface area contributed by atoms with Gasteiger partial charge in [-0.15, -0.1) is 0 Å². The Hall–Kier alpha value is -3.15. The van der Waals surface area contributed by atoms with Crippen LogP contribution >= 0.6 is 0 Å². The lowest BCUT2D eigenvalue weighted by Crippen LogP contribution is -2.26. The first-order valence-electron chi connectivity index (χ1n) is 8.82. The Labute approximate surface area is 158 Å². The Balaban J connectivity index is 1.93. The van der Waals surface area contributed by atoms with Gasteiger partial charge in [-0.2, -0.15) is 5.10 Å². The number of phenolic OH excluding ortho intramolecular Hbond substituents is 1. The zero-order valence-corrected chi connectivity index (χ0v) is 16.1. The molecular weight excluding hydrogens is 342 g/mol. The second-order valence-corrected chi connectivity index (χ2v) is 6.94. The number of benzene rings is 2. The number of hydrogen-bond acceptors (Lipinski definition) is 5. The number of aromatic nitrogens is 2. The van der Waals surface area contributed by atoms with Gasteiger partial charge < -0.3 is 19.9 Å². The minimum absolute atomic E-state index is 0.0105. The van der Waals surface area contributed by atoms with E-state index in [1.165, 1.54) is 25.3 Å². The molecule has 0 fully saturated rings. The van der Waals surface area contributed by atoms with Crippen LogP contribution in [0.5, 0.6) is 17.2 Å². The predicted molar refractivity (Wildman–Crippen MR) is 105 cm³/mol. The van der Waals surface area contributed by atoms with Crippen molar-refractivity contribution in [1.29, 1.82) is 0 Å². The summed E-state index contributed by atoms with van der Waals surface area (Å²) in [7, 11) is 3.05. The molecule has 27 heavy (non-hydrogen) atoms. The number of methoxy groups -OCH3 is 2. The molecule has 2 aromatic carbocycles. The zero-order valence-electron chi connectivity index (χ0n) is 16.1. The number of rotatable bonds is 3. The molecule has 6 heteroatoms. The minimum atomic E-state index is -0.244. The van der Waals surface area contributed by atoms with Crippen molar-refractivity contribution in [2.75, 3.05) is 19.5 Å². The fourth-order valence-electron chi connectivity index (χ4n) is 3.77. The van der Waals surface area contributed by atoms with E-state index in [0.717, 1.165) is 28.2 Å². The number of nitrogens with zero attached hydrogens (tertiary/aromatic N) is 2. The standard InChI is InChI=1S/C21H23N3O3/c1-11-6-12(2)19-15(7-11)16-8-13(3)23-24(16)21(22-19)14-9-17(26-4)20(25)18(10-14)27-5/h6-10,21-22,25H,1-5H3/t21-/m1/s1. The molecule has 0 radical (unpaired) electrons. The highest BCUT2D eigenvalue weighted by atomic mass is 16.5. The van der Waals surface area contributed by atoms with Crippen molar-refractivity contribution in [3.8, 4) is 28.5 Å². The van der Waals surface area contributed by atoms with Gasteiger partial charge in [0.15, 0.2) is 11.5 Å². The highest BCUT2D eigenvalue weighted by Crippen LogP contribution is 2.44. The number of aryl methyl sites for hydroxylation is 3. The van der Waals surface area contributed by atoms with E-state index in [4.69, 9.17) is 14.6 Å². The minimum Gasteiger partial charge on any atom is -0.502 e. The molecule has 4 rings (SSSR count). The second-order valence-electron chi connectivity index (χ2n) is 6.94. The third-order valence-corrected chi connectivity index (χ3v) is 4.96. The van der Waals surface area contributed by atoms with Gasteiger partial charge in [0, 0.05) is 16.8 Å². The van der Waals surface area contributed by atoms with Gasteiger partial charge in [0.05, 0.1) is 25.6 Å². The summed E-state index contributed by atoms with van der Waals surface area (Å²) >= 11 is 0. The van der Waals surface area contributed by atoms with E-state index in [1.807, 2.05) is 23.7 Å². The molecule has 0 aliphatic carbocycles. The predicted octanol–water partition coefficient (Wildman–Crippen LogP) is 4.17. The van der Waals surface area contributed by atoms with Crippen LogP contribution in [0, 0.1) is 20.8 Å². The van der Waals surface area contributed by atoms with Crippen molar-refractivity contribution >= 4 is 5.69 Å². The third-order valence-electron chi connectivity index (χ3n) is 4.96. The van der Waals surface area contributed by atoms with Crippen molar-refractivity contribution in [1.82, 2.24) is 9.78 Å². The number of hydrogen-bond donors (Lipinski definition) is 2. The average Bonchev–Trinajstić information content (AvgIpc) is 3.03. The maximum atomic E-state index is 10.3. The molecule has 6 nitrogen and oxygen atoms in total. The molecule has 1 aromatic heterocycles. The van der Waals surface area contributed by atoms with Gasteiger partial charge in [-0.05, 0) is 50.6 Å². The first kappa shape index (κ1) is 17.3. The molecule has 1 aliphatic heterocycles. The third kappa shape index (κ3) is 2.68. The van der Waals surface area contributed by atoms with E-state index >= 15 is 0 Å². The smallest absolute Gasteiger partial charge is 0.200 e. The average molecular weight is 365 g/mol. The summed E-state index contributed by atoms with van der Waals surface area (Å²) in [5.41, 5.74) is 7.51. The summed E-state index contributed by atoms with van der Waals surface area (Å²) < 4.78 is 12.6. The van der Waals surface area contributed by atoms with Gasteiger partial charge >= 0.3 is 0 Å². The lowest BCUT2D eigenvalue weighted by molar-refractivity contribution is 0.338. The van der Waals surface area contributed by atoms with Crippen LogP contribution in [-0.4, -0.2) is 29.1 Å². The highest BCUT2D eigenvalue weighted by Gasteiger charge is 2.29. The fourth-order valence-corrected chi connectivity index (χ4v) is 3.77. The fraction of sp³-hybridized carbons (Fsp3) is 0.286. The number of phenols is 1. The highest BCUT2D eigenvalue weighted by molar-refractivity contribution is 5.82. The molecule has 1 atom stereocenters. The van der Waals surface area contributed by atoms with Crippen LogP contribution in [0.2, 0.25) is 0 Å². The molecule has 0 saturated heterocycles. The molecule has 0 amide bonds. The quantitative estimate of drug-likeness (QED) is 0.729. The van der Waals surface area contributed by atoms with Gasteiger partial charge in [0.2, 0.25) is 5.75 Å². The number of anilines is 1. The van der Waals surface area contributed by atoms with Crippen LogP contribution in [0.1, 0.15) is 28.6 Å². The van der Waals surface area contributed by atoms with Crippen LogP contribution in [0.15, 0.2) is 30.3 Å². The first-order valence-corrected chi connectivity index (χ1v) is 8.82. The lowest BCUT2D eigenvalue weighted by atomic mass is 9.98. The maximum Gasteiger partial charge on any atom is 0.200 e. The van der Waals surface area contributed by atoms with E-state index < -0.39 is 0 Å². The summed E-state index contributed by atoms with van der Waals surface area (Å²) in [6.45, 7) is 6.19. The van der Waals surface area contributed by atoms with E-state index in [1.54, 1.807) is 0 Å². The van der Waals surface area contributed by atoms with Crippen molar-refractivity contribution in [3.05, 3.63) is 52.7 Å². The first-order chi connectivity index (χ1) is 12.9. The Morgan fingerprint density at radius 2 is 1.67 bits per heavy atom. The summed E-state index contributed by atoms with van der Waals surface area (Å²) in [5, 5.41) is 18.6. The van der Waals surface area contributed by atoms with Crippen LogP contribution < -0.4 is 14.8 Å². The van der Waals surface area contributed by atoms with Crippen molar-refractivity contribution < 1.29 is 14.6 Å². The topological polar surface area (TPSA) is 68.5 Å². The van der Waals surface area contributed by atoms with E-state index in [9.17, 15) is 5.11 Å². The number of fused-ring (bicyclic) bond motifs is 3. The molecular formula is C21H23N3O3. The molecule has 1 aliphatic rings. The summed E-state index contributed by atoms with van der Waals surface area (Å²) in [4.78, 5) is 0. The van der Waals surface area contributed by atoms with Gasteiger partial charge in [-0.3, -0.25) is 0 Å². The van der Waals surface area contributed by atoms with E-state index in [2.05, 4.69) is 37.4 Å². The van der Waals surface area contributed by atoms with Crippen molar-refractivity contribution in [2.24, 2.45) is 0 Å². The van der Waals surface area contributed by atoms with Gasteiger partial charge in [0.25, 0.3) is 0 Å². The van der Waals surface area contributed by atoms with Gasteiger partial charge in [0.1, 0.15) is 6.17 Å². The second kappa shape index (κ2) is 6.23. The molecule has 2 heterocycles. The SMILES string of the molecule is COc1cc([C@@H]2Nc3c(C)cc(C)cc3-c3cc(C)nn32)cc(OC)c1O. The van der Waals surface area contributed by atoms with Crippen molar-refractivity contribution in [2.45, 2.75) is 26.9 Å². The van der Waals surface area contributed by atoms with Crippen LogP contribution in [0.4, 0.5) is 5.69 Å². The van der Waals surface area contributed by atoms with Gasteiger partial charge in [-0.1, -0.05) is 11.6 Å². The number of ether oxygens (including phenoxy) is 2. The maximum absolute atomic E-state index is 10.3. The van der Waals surface area contributed by atoms with Gasteiger partial charge in [-0.25, -0.2) is 4.68 Å². The molecule has 3 aromatic rings. The van der Waals surface area contributed by atoms with E-state index in [-0.39, 0.29) is 11.9 Å². The van der Waals surface area contributed by atoms with Crippen LogP contribution in [0.3, 0.4) is 0 Å². The monoisotopic (exact) mass is 365 g/mol. The largest absolute Gasteiger partial charge is 0.502 e. The van der Waals surface area contributed by atoms with Crippen LogP contribution in [-0.2, 0) is 0 Å². The van der Waals surface area contributed by atoms with Crippen molar-refractivity contribution in [3.63, 3.8) is 0 Å². The molecule has 140 valence electrons. The Morgan fingerprint density at radius 3 is 2.30 bits per heavy atom. The molecule has 0 spiro atoms. The molecule has 0 saturated carbocycles. The lowest BCUT2D eigenvalue weighted by Gasteiger charge is -2.31. The summed E-state index contributed by atoms with van der Waals surface area (Å²) in [6.07, 6.45) is -0.244. The molecule has 0 bridgehead atoms. The Morgan fingerprint density at radius 1 is 1.00 bits per heavy atom. The molecule has 0 unspecified atom stereocenters. The Kier molecular flexibility index (Phi) is 3.98. The number of aromatic hydroxyl groups is 1. The summed E-state index contributed by atoms with van der Waals surface area (Å²) in [5.74, 6) is 0.717. The number of nitrogens with one attached hydrogen (secondary N) is 1. The van der Waals surface area contributed by atoms with E-state index in [0.29, 0.717) is 11.5 Å². The van der Waals surface area contributed by atoms with Crippen LogP contribution in [0.25, 0.3) is 11.3 Å². The zero-order chi connectivity index (χ0) is 19.3. The normalized spacial score (nSPS) is 14.9.